The molecule has 2 bridgehead atoms. The minimum Gasteiger partial charge on any atom is -1.00 e. The Labute approximate surface area is 232 Å². The lowest BCUT2D eigenvalue weighted by atomic mass is 9.82. The molecule has 0 saturated carbocycles. The smallest absolute Gasteiger partial charge is 0.410 e. The molecule has 3 aliphatic rings. The Kier molecular flexibility index (Phi) is 9.50. The molecule has 0 aromatic heterocycles. The highest BCUT2D eigenvalue weighted by molar-refractivity contribution is 5.85. The molecule has 3 aliphatic heterocycles. The highest BCUT2D eigenvalue weighted by Gasteiger charge is 2.50. The number of hydrogen-bond acceptors (Lipinski definition) is 5. The monoisotopic (exact) mass is 544 g/mol. The number of halogens is 1. The van der Waals surface area contributed by atoms with Gasteiger partial charge in [0.1, 0.15) is 12.1 Å². The Bertz CT molecular complexity index is 1030. The second kappa shape index (κ2) is 12.1. The minimum atomic E-state index is -1.87. The van der Waals surface area contributed by atoms with Crippen molar-refractivity contribution in [2.45, 2.75) is 57.3 Å². The molecule has 0 unspecified atom stereocenters. The number of carbonyl (C=O) groups is 2. The number of amides is 1. The minimum absolute atomic E-state index is 0. The molecule has 3 fully saturated rings. The summed E-state index contributed by atoms with van der Waals surface area (Å²) in [5, 5.41) is 11.8. The summed E-state index contributed by atoms with van der Waals surface area (Å²) in [6, 6.07) is 18.1. The van der Waals surface area contributed by atoms with Crippen molar-refractivity contribution >= 4 is 12.1 Å². The molecule has 2 aromatic carbocycles. The number of rotatable bonds is 8. The summed E-state index contributed by atoms with van der Waals surface area (Å²) in [6.45, 7) is 9.98. The van der Waals surface area contributed by atoms with E-state index in [-0.39, 0.29) is 24.6 Å². The number of benzene rings is 2. The third-order valence-electron chi connectivity index (χ3n) is 7.81. The average Bonchev–Trinajstić information content (AvgIpc) is 2.88. The van der Waals surface area contributed by atoms with Crippen molar-refractivity contribution in [3.63, 3.8) is 0 Å². The van der Waals surface area contributed by atoms with E-state index < -0.39 is 17.2 Å². The average molecular weight is 545 g/mol. The lowest BCUT2D eigenvalue weighted by Gasteiger charge is -2.52. The van der Waals surface area contributed by atoms with Gasteiger partial charge in [0.2, 0.25) is 5.60 Å². The first-order valence-corrected chi connectivity index (χ1v) is 13.4. The van der Waals surface area contributed by atoms with Crippen molar-refractivity contribution in [1.29, 1.82) is 0 Å². The summed E-state index contributed by atoms with van der Waals surface area (Å²) in [6.07, 6.45) is 2.29. The van der Waals surface area contributed by atoms with Gasteiger partial charge in [-0.3, -0.25) is 0 Å². The van der Waals surface area contributed by atoms with Crippen LogP contribution in [-0.4, -0.2) is 78.0 Å². The van der Waals surface area contributed by atoms with Crippen LogP contribution in [0.4, 0.5) is 4.79 Å². The van der Waals surface area contributed by atoms with E-state index in [4.69, 9.17) is 9.47 Å². The number of aliphatic hydroxyl groups is 1. The number of fused-ring (bicyclic) bond motifs is 3. The Morgan fingerprint density at radius 3 is 2.00 bits per heavy atom. The second-order valence-electron chi connectivity index (χ2n) is 11.7. The quantitative estimate of drug-likeness (QED) is 0.401. The number of nitrogens with zero attached hydrogens (tertiary/aromatic N) is 2. The van der Waals surface area contributed by atoms with E-state index in [9.17, 15) is 14.7 Å². The first-order valence-electron chi connectivity index (χ1n) is 13.4. The van der Waals surface area contributed by atoms with Crippen molar-refractivity contribution < 1.29 is 41.1 Å². The highest BCUT2D eigenvalue weighted by atomic mass is 35.5. The van der Waals surface area contributed by atoms with Gasteiger partial charge >= 0.3 is 12.1 Å². The van der Waals surface area contributed by atoms with Crippen LogP contribution in [0.2, 0.25) is 0 Å². The van der Waals surface area contributed by atoms with Gasteiger partial charge in [-0.2, -0.15) is 0 Å². The van der Waals surface area contributed by atoms with E-state index in [0.29, 0.717) is 23.6 Å². The van der Waals surface area contributed by atoms with Crippen molar-refractivity contribution in [2.24, 2.45) is 5.92 Å². The van der Waals surface area contributed by atoms with E-state index in [1.807, 2.05) is 57.2 Å². The molecule has 5 rings (SSSR count). The van der Waals surface area contributed by atoms with Gasteiger partial charge in [-0.05, 0) is 31.9 Å². The summed E-state index contributed by atoms with van der Waals surface area (Å²) >= 11 is 0. The molecular weight excluding hydrogens is 504 g/mol. The molecule has 3 saturated heterocycles. The van der Waals surface area contributed by atoms with Crippen LogP contribution in [-0.2, 0) is 19.9 Å². The third kappa shape index (κ3) is 6.68. The van der Waals surface area contributed by atoms with Crippen molar-refractivity contribution in [2.75, 3.05) is 39.8 Å². The van der Waals surface area contributed by atoms with E-state index in [2.05, 4.69) is 0 Å². The number of ether oxygens (including phenoxy) is 2. The molecule has 0 aliphatic carbocycles. The van der Waals surface area contributed by atoms with Crippen molar-refractivity contribution in [1.82, 2.24) is 4.90 Å². The maximum absolute atomic E-state index is 13.7. The number of hydrogen-bond donors (Lipinski definition) is 1. The number of quaternary nitrogens is 1. The summed E-state index contributed by atoms with van der Waals surface area (Å²) in [7, 11) is 1.77. The Hall–Kier alpha value is -2.61. The molecule has 8 heteroatoms. The van der Waals surface area contributed by atoms with Crippen LogP contribution in [0.5, 0.6) is 0 Å². The van der Waals surface area contributed by atoms with Crippen molar-refractivity contribution in [3.05, 3.63) is 71.8 Å². The SMILES string of the molecule is CN(CCC[N+]12CCC(CC1)[C@@H](OC(=O)C(O)(c1ccccc1)c1ccccc1)C2)C(=O)OC(C)(C)C.[Cl-]. The van der Waals surface area contributed by atoms with Gasteiger partial charge in [0.15, 0.2) is 6.10 Å². The maximum Gasteiger partial charge on any atom is 0.410 e. The molecule has 0 spiro atoms. The van der Waals surface area contributed by atoms with Crippen molar-refractivity contribution in [3.8, 4) is 0 Å². The largest absolute Gasteiger partial charge is 1.00 e. The Balaban J connectivity index is 0.00000400. The molecular formula is C30H41ClN2O5. The molecule has 1 amide bonds. The van der Waals surface area contributed by atoms with Crippen LogP contribution < -0.4 is 12.4 Å². The van der Waals surface area contributed by atoms with Crippen LogP contribution in [0, 0.1) is 5.92 Å². The van der Waals surface area contributed by atoms with Gasteiger partial charge in [0, 0.05) is 38.8 Å². The first-order chi connectivity index (χ1) is 17.5. The van der Waals surface area contributed by atoms with Gasteiger partial charge < -0.3 is 36.4 Å². The van der Waals surface area contributed by atoms with Crippen LogP contribution >= 0.6 is 0 Å². The number of piperidine rings is 3. The van der Waals surface area contributed by atoms with E-state index in [0.717, 1.165) is 49.9 Å². The highest BCUT2D eigenvalue weighted by Crippen LogP contribution is 2.38. The van der Waals surface area contributed by atoms with Gasteiger partial charge in [-0.25, -0.2) is 9.59 Å². The van der Waals surface area contributed by atoms with E-state index >= 15 is 0 Å². The Morgan fingerprint density at radius 2 is 1.50 bits per heavy atom. The second-order valence-corrected chi connectivity index (χ2v) is 11.7. The molecule has 38 heavy (non-hydrogen) atoms. The molecule has 3 heterocycles. The molecule has 2 aromatic rings. The van der Waals surface area contributed by atoms with Gasteiger partial charge in [0.25, 0.3) is 0 Å². The summed E-state index contributed by atoms with van der Waals surface area (Å²) in [5.41, 5.74) is -1.38. The standard InChI is InChI=1S/C30H41N2O5.ClH/c1-29(2,3)37-28(34)31(4)18-11-19-32-20-16-23(17-21-32)26(22-32)36-27(33)30(35,24-12-7-5-8-13-24)25-14-9-6-10-15-25;/h5-10,12-15,23,26,35H,11,16-22H2,1-4H3;1H/q+1;/p-1/t23?,26-,32?;/m0./s1. The van der Waals surface area contributed by atoms with E-state index in [1.165, 1.54) is 0 Å². The first kappa shape index (κ1) is 29.9. The zero-order chi connectivity index (χ0) is 26.7. The zero-order valence-corrected chi connectivity index (χ0v) is 23.7. The molecule has 0 radical (unpaired) electrons. The molecule has 7 nitrogen and oxygen atoms in total. The lowest BCUT2D eigenvalue weighted by Crippen LogP contribution is -3.00. The van der Waals surface area contributed by atoms with Crippen LogP contribution in [0.1, 0.15) is 51.2 Å². The molecule has 208 valence electrons. The number of esters is 1. The maximum atomic E-state index is 13.7. The third-order valence-corrected chi connectivity index (χ3v) is 7.81. The molecule has 1 N–H and O–H groups in total. The Morgan fingerprint density at radius 1 is 0.974 bits per heavy atom. The lowest BCUT2D eigenvalue weighted by molar-refractivity contribution is -0.946. The normalized spacial score (nSPS) is 22.8. The topological polar surface area (TPSA) is 76.1 Å². The van der Waals surface area contributed by atoms with Gasteiger partial charge in [0.05, 0.1) is 19.6 Å². The molecule has 1 atom stereocenters. The zero-order valence-electron chi connectivity index (χ0n) is 22.9. The summed E-state index contributed by atoms with van der Waals surface area (Å²) in [4.78, 5) is 27.6. The van der Waals surface area contributed by atoms with Crippen LogP contribution in [0.15, 0.2) is 60.7 Å². The fraction of sp³-hybridized carbons (Fsp3) is 0.533. The van der Waals surface area contributed by atoms with Crippen LogP contribution in [0.3, 0.4) is 0 Å². The summed E-state index contributed by atoms with van der Waals surface area (Å²) < 4.78 is 12.5. The fourth-order valence-corrected chi connectivity index (χ4v) is 5.73. The summed E-state index contributed by atoms with van der Waals surface area (Å²) in [5.74, 6) is -0.310. The van der Waals surface area contributed by atoms with E-state index in [1.54, 1.807) is 36.2 Å². The fourth-order valence-electron chi connectivity index (χ4n) is 5.73. The van der Waals surface area contributed by atoms with Gasteiger partial charge in [-0.15, -0.1) is 0 Å². The van der Waals surface area contributed by atoms with Crippen LogP contribution in [0.25, 0.3) is 0 Å². The predicted molar refractivity (Wildman–Crippen MR) is 142 cm³/mol. The predicted octanol–water partition coefficient (Wildman–Crippen LogP) is 1.34. The number of carbonyl (C=O) groups excluding carboxylic acids is 2. The van der Waals surface area contributed by atoms with Gasteiger partial charge in [-0.1, -0.05) is 60.7 Å².